The van der Waals surface area contributed by atoms with Crippen LogP contribution in [0.4, 0.5) is 5.69 Å². The van der Waals surface area contributed by atoms with Gasteiger partial charge < -0.3 is 10.6 Å². The van der Waals surface area contributed by atoms with E-state index in [0.29, 0.717) is 12.6 Å². The molecule has 2 rings (SSSR count). The summed E-state index contributed by atoms with van der Waals surface area (Å²) in [4.78, 5) is 2.42. The lowest BCUT2D eigenvalue weighted by atomic mass is 10.2. The number of hydrogen-bond acceptors (Lipinski definition) is 3. The molecule has 0 bridgehead atoms. The van der Waals surface area contributed by atoms with E-state index in [1.807, 2.05) is 6.20 Å². The van der Waals surface area contributed by atoms with Crippen molar-refractivity contribution in [2.24, 2.45) is 5.73 Å². The van der Waals surface area contributed by atoms with E-state index in [-0.39, 0.29) is 0 Å². The second-order valence-corrected chi connectivity index (χ2v) is 4.30. The van der Waals surface area contributed by atoms with Gasteiger partial charge in [-0.2, -0.15) is 5.10 Å². The third-order valence-corrected chi connectivity index (χ3v) is 3.25. The lowest BCUT2D eigenvalue weighted by molar-refractivity contribution is 0.607. The first kappa shape index (κ1) is 10.5. The van der Waals surface area contributed by atoms with Crippen LogP contribution in [0.3, 0.4) is 0 Å². The molecule has 1 fully saturated rings. The van der Waals surface area contributed by atoms with Gasteiger partial charge in [-0.3, -0.25) is 5.10 Å². The molecule has 15 heavy (non-hydrogen) atoms. The fourth-order valence-corrected chi connectivity index (χ4v) is 2.49. The summed E-state index contributed by atoms with van der Waals surface area (Å²) in [5.41, 5.74) is 8.06. The molecule has 0 amide bonds. The van der Waals surface area contributed by atoms with E-state index in [0.717, 1.165) is 12.2 Å². The van der Waals surface area contributed by atoms with Crippen molar-refractivity contribution < 1.29 is 0 Å². The van der Waals surface area contributed by atoms with Crippen molar-refractivity contribution in [3.05, 3.63) is 11.9 Å². The highest BCUT2D eigenvalue weighted by Crippen LogP contribution is 2.28. The minimum atomic E-state index is 0.671. The van der Waals surface area contributed by atoms with Crippen LogP contribution in [0.1, 0.15) is 31.4 Å². The van der Waals surface area contributed by atoms with Gasteiger partial charge in [0.25, 0.3) is 0 Å². The summed E-state index contributed by atoms with van der Waals surface area (Å²) in [6.45, 7) is 3.72. The topological polar surface area (TPSA) is 57.9 Å². The minimum Gasteiger partial charge on any atom is -0.365 e. The van der Waals surface area contributed by atoms with Crippen molar-refractivity contribution >= 4 is 5.69 Å². The largest absolute Gasteiger partial charge is 0.365 e. The van der Waals surface area contributed by atoms with Crippen molar-refractivity contribution in [3.8, 4) is 0 Å². The van der Waals surface area contributed by atoms with Crippen LogP contribution in [0.5, 0.6) is 0 Å². The van der Waals surface area contributed by atoms with Crippen LogP contribution in [0.2, 0.25) is 0 Å². The second kappa shape index (κ2) is 4.66. The van der Waals surface area contributed by atoms with E-state index in [2.05, 4.69) is 22.0 Å². The smallest absolute Gasteiger partial charge is 0.0782 e. The Balaban J connectivity index is 2.15. The summed E-state index contributed by atoms with van der Waals surface area (Å²) in [7, 11) is 0. The highest BCUT2D eigenvalue weighted by Gasteiger charge is 2.23. The Morgan fingerprint density at radius 3 is 2.80 bits per heavy atom. The fraction of sp³-hybridized carbons (Fsp3) is 0.727. The number of aromatic amines is 1. The summed E-state index contributed by atoms with van der Waals surface area (Å²) < 4.78 is 0. The van der Waals surface area contributed by atoms with Gasteiger partial charge in [-0.1, -0.05) is 12.8 Å². The molecular formula is C11H20N4. The van der Waals surface area contributed by atoms with E-state index in [9.17, 15) is 0 Å². The molecule has 4 heteroatoms. The normalized spacial score (nSPS) is 17.2. The van der Waals surface area contributed by atoms with Crippen molar-refractivity contribution in [2.45, 2.75) is 38.6 Å². The molecule has 0 atom stereocenters. The number of aryl methyl sites for hydroxylation is 1. The molecule has 1 aliphatic carbocycles. The maximum absolute atomic E-state index is 5.68. The monoisotopic (exact) mass is 208 g/mol. The number of rotatable bonds is 4. The van der Waals surface area contributed by atoms with Crippen LogP contribution in [0.15, 0.2) is 6.20 Å². The standard InChI is InChI=1S/C11H20N4/c1-9-11(8-13-14-9)15(7-6-12)10-4-2-3-5-10/h8,10H,2-7,12H2,1H3,(H,13,14). The fourth-order valence-electron chi connectivity index (χ4n) is 2.49. The molecule has 0 radical (unpaired) electrons. The van der Waals surface area contributed by atoms with Gasteiger partial charge in [0.15, 0.2) is 0 Å². The first-order valence-corrected chi connectivity index (χ1v) is 5.79. The van der Waals surface area contributed by atoms with Crippen molar-refractivity contribution in [2.75, 3.05) is 18.0 Å². The van der Waals surface area contributed by atoms with Crippen LogP contribution < -0.4 is 10.6 Å². The van der Waals surface area contributed by atoms with E-state index < -0.39 is 0 Å². The zero-order valence-corrected chi connectivity index (χ0v) is 9.37. The van der Waals surface area contributed by atoms with Crippen LogP contribution in [0, 0.1) is 6.92 Å². The molecule has 4 nitrogen and oxygen atoms in total. The average molecular weight is 208 g/mol. The number of nitrogens with zero attached hydrogens (tertiary/aromatic N) is 2. The molecule has 1 aromatic rings. The molecule has 1 heterocycles. The maximum atomic E-state index is 5.68. The number of hydrogen-bond donors (Lipinski definition) is 2. The number of nitrogens with two attached hydrogens (primary N) is 1. The Bertz CT molecular complexity index is 301. The molecule has 84 valence electrons. The van der Waals surface area contributed by atoms with Crippen LogP contribution >= 0.6 is 0 Å². The predicted molar refractivity (Wildman–Crippen MR) is 62.0 cm³/mol. The van der Waals surface area contributed by atoms with Gasteiger partial charge >= 0.3 is 0 Å². The van der Waals surface area contributed by atoms with Gasteiger partial charge in [0.05, 0.1) is 17.6 Å². The molecule has 0 aliphatic heterocycles. The number of nitrogens with one attached hydrogen (secondary N) is 1. The summed E-state index contributed by atoms with van der Waals surface area (Å²) in [6.07, 6.45) is 7.21. The average Bonchev–Trinajstić information content (AvgIpc) is 2.85. The first-order valence-electron chi connectivity index (χ1n) is 5.79. The maximum Gasteiger partial charge on any atom is 0.0782 e. The Hall–Kier alpha value is -1.03. The van der Waals surface area contributed by atoms with Crippen molar-refractivity contribution in [1.82, 2.24) is 10.2 Å². The Kier molecular flexibility index (Phi) is 3.26. The van der Waals surface area contributed by atoms with Gasteiger partial charge in [0.1, 0.15) is 0 Å². The number of H-pyrrole nitrogens is 1. The molecule has 0 spiro atoms. The van der Waals surface area contributed by atoms with Gasteiger partial charge in [0.2, 0.25) is 0 Å². The number of aromatic nitrogens is 2. The van der Waals surface area contributed by atoms with Crippen LogP contribution in [-0.4, -0.2) is 29.3 Å². The molecule has 0 saturated heterocycles. The van der Waals surface area contributed by atoms with Gasteiger partial charge in [0, 0.05) is 19.1 Å². The Labute approximate surface area is 90.8 Å². The Morgan fingerprint density at radius 1 is 1.53 bits per heavy atom. The van der Waals surface area contributed by atoms with Gasteiger partial charge in [-0.25, -0.2) is 0 Å². The summed E-state index contributed by atoms with van der Waals surface area (Å²) >= 11 is 0. The van der Waals surface area contributed by atoms with Crippen LogP contribution in [-0.2, 0) is 0 Å². The highest BCUT2D eigenvalue weighted by atomic mass is 15.2. The minimum absolute atomic E-state index is 0.671. The summed E-state index contributed by atoms with van der Waals surface area (Å²) in [5.74, 6) is 0. The van der Waals surface area contributed by atoms with Crippen molar-refractivity contribution in [1.29, 1.82) is 0 Å². The summed E-state index contributed by atoms with van der Waals surface area (Å²) in [6, 6.07) is 0.671. The summed E-state index contributed by atoms with van der Waals surface area (Å²) in [5, 5.41) is 7.09. The Morgan fingerprint density at radius 2 is 2.27 bits per heavy atom. The number of anilines is 1. The second-order valence-electron chi connectivity index (χ2n) is 4.30. The van der Waals surface area contributed by atoms with E-state index in [4.69, 9.17) is 5.73 Å². The zero-order chi connectivity index (χ0) is 10.7. The van der Waals surface area contributed by atoms with Gasteiger partial charge in [-0.15, -0.1) is 0 Å². The first-order chi connectivity index (χ1) is 7.33. The molecule has 3 N–H and O–H groups in total. The van der Waals surface area contributed by atoms with E-state index in [1.54, 1.807) is 0 Å². The van der Waals surface area contributed by atoms with E-state index in [1.165, 1.54) is 31.4 Å². The highest BCUT2D eigenvalue weighted by molar-refractivity contribution is 5.49. The molecular weight excluding hydrogens is 188 g/mol. The lowest BCUT2D eigenvalue weighted by Crippen LogP contribution is -2.37. The molecule has 1 aliphatic rings. The molecule has 1 aromatic heterocycles. The SMILES string of the molecule is Cc1[nH]ncc1N(CCN)C1CCCC1. The zero-order valence-electron chi connectivity index (χ0n) is 9.37. The van der Waals surface area contributed by atoms with Crippen LogP contribution in [0.25, 0.3) is 0 Å². The van der Waals surface area contributed by atoms with Gasteiger partial charge in [-0.05, 0) is 19.8 Å². The molecule has 0 aromatic carbocycles. The third kappa shape index (κ3) is 2.15. The lowest BCUT2D eigenvalue weighted by Gasteiger charge is -2.30. The van der Waals surface area contributed by atoms with Crippen molar-refractivity contribution in [3.63, 3.8) is 0 Å². The van der Waals surface area contributed by atoms with E-state index >= 15 is 0 Å². The molecule has 0 unspecified atom stereocenters. The quantitative estimate of drug-likeness (QED) is 0.787. The predicted octanol–water partition coefficient (Wildman–Crippen LogP) is 1.43. The molecule has 1 saturated carbocycles. The third-order valence-electron chi connectivity index (χ3n) is 3.25.